The van der Waals surface area contributed by atoms with E-state index in [1.807, 2.05) is 23.6 Å². The van der Waals surface area contributed by atoms with Gasteiger partial charge in [0.1, 0.15) is 0 Å². The number of hydrogen-bond acceptors (Lipinski definition) is 2. The van der Waals surface area contributed by atoms with Crippen LogP contribution in [0.5, 0.6) is 0 Å². The third-order valence-electron chi connectivity index (χ3n) is 2.43. The van der Waals surface area contributed by atoms with Gasteiger partial charge in [0.05, 0.1) is 6.42 Å². The lowest BCUT2D eigenvalue weighted by Crippen LogP contribution is -2.19. The topological polar surface area (TPSA) is 29.1 Å². The zero-order valence-corrected chi connectivity index (χ0v) is 9.88. The Kier molecular flexibility index (Phi) is 3.37. The second kappa shape index (κ2) is 4.94. The molecule has 0 atom stereocenters. The normalized spacial score (nSPS) is 10.1. The second-order valence-corrected chi connectivity index (χ2v) is 4.47. The fourth-order valence-electron chi connectivity index (χ4n) is 1.59. The quantitative estimate of drug-likeness (QED) is 0.864. The maximum absolute atomic E-state index is 11.4. The maximum Gasteiger partial charge on any atom is 0.225 e. The van der Waals surface area contributed by atoms with Crippen molar-refractivity contribution < 1.29 is 4.79 Å². The largest absolute Gasteiger partial charge is 0.359 e. The molecule has 0 saturated heterocycles. The Morgan fingerprint density at radius 3 is 2.69 bits per heavy atom. The molecule has 0 bridgehead atoms. The summed E-state index contributed by atoms with van der Waals surface area (Å²) in [7, 11) is 1.66. The van der Waals surface area contributed by atoms with Crippen LogP contribution in [0.2, 0.25) is 0 Å². The van der Waals surface area contributed by atoms with E-state index in [1.165, 1.54) is 5.56 Å². The Morgan fingerprint density at radius 1 is 1.25 bits per heavy atom. The van der Waals surface area contributed by atoms with Crippen LogP contribution in [0.3, 0.4) is 0 Å². The monoisotopic (exact) mass is 231 g/mol. The smallest absolute Gasteiger partial charge is 0.225 e. The van der Waals surface area contributed by atoms with E-state index < -0.39 is 0 Å². The molecule has 1 aromatic heterocycles. The molecule has 0 fully saturated rings. The molecule has 0 aliphatic carbocycles. The summed E-state index contributed by atoms with van der Waals surface area (Å²) in [5.74, 6) is 0.0552. The highest BCUT2D eigenvalue weighted by atomic mass is 32.1. The van der Waals surface area contributed by atoms with Crippen LogP contribution in [0.4, 0.5) is 0 Å². The first-order valence-corrected chi connectivity index (χ1v) is 6.01. The molecule has 0 saturated carbocycles. The molecule has 0 radical (unpaired) electrons. The Morgan fingerprint density at radius 2 is 2.00 bits per heavy atom. The van der Waals surface area contributed by atoms with Crippen molar-refractivity contribution in [3.8, 4) is 11.1 Å². The summed E-state index contributed by atoms with van der Waals surface area (Å²) in [5.41, 5.74) is 2.33. The Hall–Kier alpha value is -1.61. The van der Waals surface area contributed by atoms with Gasteiger partial charge in [0.25, 0.3) is 0 Å². The lowest BCUT2D eigenvalue weighted by atomic mass is 10.1. The molecule has 2 rings (SSSR count). The predicted molar refractivity (Wildman–Crippen MR) is 67.5 cm³/mol. The first-order valence-electron chi connectivity index (χ1n) is 5.13. The summed E-state index contributed by atoms with van der Waals surface area (Å²) < 4.78 is 0. The van der Waals surface area contributed by atoms with Crippen molar-refractivity contribution in [1.29, 1.82) is 0 Å². The SMILES string of the molecule is CNC(=O)Cc1sccc1-c1ccccc1. The molecule has 82 valence electrons. The maximum atomic E-state index is 11.4. The minimum atomic E-state index is 0.0552. The predicted octanol–water partition coefficient (Wildman–Crippen LogP) is 2.70. The van der Waals surface area contributed by atoms with Gasteiger partial charge in [0.15, 0.2) is 0 Å². The molecular weight excluding hydrogens is 218 g/mol. The molecule has 0 unspecified atom stereocenters. The minimum absolute atomic E-state index is 0.0552. The van der Waals surface area contributed by atoms with Gasteiger partial charge in [0.2, 0.25) is 5.91 Å². The van der Waals surface area contributed by atoms with Crippen LogP contribution in [0, 0.1) is 0 Å². The van der Waals surface area contributed by atoms with Crippen LogP contribution in [-0.2, 0) is 11.2 Å². The van der Waals surface area contributed by atoms with Crippen molar-refractivity contribution in [1.82, 2.24) is 5.32 Å². The molecule has 1 aromatic carbocycles. The summed E-state index contributed by atoms with van der Waals surface area (Å²) in [6, 6.07) is 12.2. The number of thiophene rings is 1. The van der Waals surface area contributed by atoms with Crippen LogP contribution in [0.25, 0.3) is 11.1 Å². The van der Waals surface area contributed by atoms with E-state index in [0.717, 1.165) is 10.4 Å². The number of carbonyl (C=O) groups is 1. The molecule has 0 aliphatic heterocycles. The lowest BCUT2D eigenvalue weighted by molar-refractivity contribution is -0.119. The molecule has 2 aromatic rings. The van der Waals surface area contributed by atoms with E-state index in [1.54, 1.807) is 18.4 Å². The summed E-state index contributed by atoms with van der Waals surface area (Å²) in [5, 5.41) is 4.68. The third-order valence-corrected chi connectivity index (χ3v) is 3.35. The highest BCUT2D eigenvalue weighted by Crippen LogP contribution is 2.28. The molecule has 1 N–H and O–H groups in total. The number of carbonyl (C=O) groups excluding carboxylic acids is 1. The third kappa shape index (κ3) is 2.31. The van der Waals surface area contributed by atoms with Crippen LogP contribution in [0.15, 0.2) is 41.8 Å². The van der Waals surface area contributed by atoms with Crippen LogP contribution < -0.4 is 5.32 Å². The zero-order chi connectivity index (χ0) is 11.4. The molecule has 1 amide bonds. The van der Waals surface area contributed by atoms with E-state index in [0.29, 0.717) is 6.42 Å². The van der Waals surface area contributed by atoms with Crippen molar-refractivity contribution in [2.45, 2.75) is 6.42 Å². The van der Waals surface area contributed by atoms with Crippen LogP contribution in [0.1, 0.15) is 4.88 Å². The molecule has 1 heterocycles. The van der Waals surface area contributed by atoms with Crippen LogP contribution in [-0.4, -0.2) is 13.0 Å². The van der Waals surface area contributed by atoms with Gasteiger partial charge >= 0.3 is 0 Å². The summed E-state index contributed by atoms with van der Waals surface area (Å²) >= 11 is 1.63. The van der Waals surface area contributed by atoms with Crippen molar-refractivity contribution >= 4 is 17.2 Å². The van der Waals surface area contributed by atoms with E-state index >= 15 is 0 Å². The fraction of sp³-hybridized carbons (Fsp3) is 0.154. The van der Waals surface area contributed by atoms with Gasteiger partial charge < -0.3 is 5.32 Å². The number of rotatable bonds is 3. The standard InChI is InChI=1S/C13H13NOS/c1-14-13(15)9-12-11(7-8-16-12)10-5-3-2-4-6-10/h2-8H,9H2,1H3,(H,14,15). The van der Waals surface area contributed by atoms with Gasteiger partial charge in [-0.1, -0.05) is 30.3 Å². The number of amides is 1. The van der Waals surface area contributed by atoms with Gasteiger partial charge in [-0.15, -0.1) is 11.3 Å². The molecule has 16 heavy (non-hydrogen) atoms. The fourth-order valence-corrected chi connectivity index (χ4v) is 2.48. The van der Waals surface area contributed by atoms with E-state index in [4.69, 9.17) is 0 Å². The minimum Gasteiger partial charge on any atom is -0.359 e. The summed E-state index contributed by atoms with van der Waals surface area (Å²) in [6.07, 6.45) is 0.457. The zero-order valence-electron chi connectivity index (χ0n) is 9.07. The highest BCUT2D eigenvalue weighted by Gasteiger charge is 2.09. The lowest BCUT2D eigenvalue weighted by Gasteiger charge is -2.03. The first-order chi connectivity index (χ1) is 7.81. The molecule has 3 heteroatoms. The number of hydrogen-bond donors (Lipinski definition) is 1. The number of benzene rings is 1. The first kappa shape index (κ1) is 10.9. The average molecular weight is 231 g/mol. The van der Waals surface area contributed by atoms with Crippen LogP contribution >= 0.6 is 11.3 Å². The van der Waals surface area contributed by atoms with Gasteiger partial charge in [-0.05, 0) is 22.6 Å². The van der Waals surface area contributed by atoms with E-state index in [9.17, 15) is 4.79 Å². The Bertz CT molecular complexity index is 476. The van der Waals surface area contributed by atoms with Gasteiger partial charge in [-0.3, -0.25) is 4.79 Å². The van der Waals surface area contributed by atoms with Gasteiger partial charge in [0, 0.05) is 11.9 Å². The molecule has 2 nitrogen and oxygen atoms in total. The average Bonchev–Trinajstić information content (AvgIpc) is 2.78. The van der Waals surface area contributed by atoms with Gasteiger partial charge in [-0.2, -0.15) is 0 Å². The van der Waals surface area contributed by atoms with Crippen molar-refractivity contribution in [3.63, 3.8) is 0 Å². The molecule has 0 aliphatic rings. The second-order valence-electron chi connectivity index (χ2n) is 3.47. The number of likely N-dealkylation sites (N-methyl/N-ethyl adjacent to an activating group) is 1. The van der Waals surface area contributed by atoms with Gasteiger partial charge in [-0.25, -0.2) is 0 Å². The number of nitrogens with one attached hydrogen (secondary N) is 1. The van der Waals surface area contributed by atoms with Crippen molar-refractivity contribution in [2.24, 2.45) is 0 Å². The van der Waals surface area contributed by atoms with Crippen molar-refractivity contribution in [3.05, 3.63) is 46.7 Å². The Balaban J connectivity index is 2.29. The highest BCUT2D eigenvalue weighted by molar-refractivity contribution is 7.10. The molecule has 0 spiro atoms. The van der Waals surface area contributed by atoms with Crippen molar-refractivity contribution in [2.75, 3.05) is 7.05 Å². The van der Waals surface area contributed by atoms with E-state index in [2.05, 4.69) is 23.5 Å². The molecular formula is C13H13NOS. The summed E-state index contributed by atoms with van der Waals surface area (Å²) in [4.78, 5) is 12.5. The summed E-state index contributed by atoms with van der Waals surface area (Å²) in [6.45, 7) is 0. The Labute approximate surface area is 98.9 Å². The van der Waals surface area contributed by atoms with E-state index in [-0.39, 0.29) is 5.91 Å².